The lowest BCUT2D eigenvalue weighted by Crippen LogP contribution is -2.49. The molecule has 0 radical (unpaired) electrons. The number of carbonyl (C=O) groups excluding carboxylic acids is 2. The highest BCUT2D eigenvalue weighted by Crippen LogP contribution is 2.26. The summed E-state index contributed by atoms with van der Waals surface area (Å²) in [5.74, 6) is -0.943. The third-order valence-corrected chi connectivity index (χ3v) is 3.03. The van der Waals surface area contributed by atoms with E-state index in [1.807, 2.05) is 0 Å². The summed E-state index contributed by atoms with van der Waals surface area (Å²) in [7, 11) is 1.30. The Kier molecular flexibility index (Phi) is 5.17. The Morgan fingerprint density at radius 2 is 1.89 bits per heavy atom. The summed E-state index contributed by atoms with van der Waals surface area (Å²) in [6.45, 7) is 5.32. The van der Waals surface area contributed by atoms with Gasteiger partial charge in [-0.1, -0.05) is 0 Å². The van der Waals surface area contributed by atoms with Crippen LogP contribution in [0.5, 0.6) is 0 Å². The van der Waals surface area contributed by atoms with Crippen LogP contribution in [0, 0.1) is 5.92 Å². The zero-order valence-corrected chi connectivity index (χ0v) is 11.9. The number of rotatable bonds is 2. The second-order valence-electron chi connectivity index (χ2n) is 5.85. The quantitative estimate of drug-likeness (QED) is 0.739. The van der Waals surface area contributed by atoms with Gasteiger partial charge in [-0.25, -0.2) is 4.79 Å². The fourth-order valence-corrected chi connectivity index (χ4v) is 2.19. The number of carbonyl (C=O) groups is 2. The Hall–Kier alpha value is -1.30. The van der Waals surface area contributed by atoms with Gasteiger partial charge in [0, 0.05) is 6.04 Å². The van der Waals surface area contributed by atoms with Crippen LogP contribution in [0.1, 0.15) is 40.0 Å². The second kappa shape index (κ2) is 6.23. The van der Waals surface area contributed by atoms with E-state index >= 15 is 0 Å². The van der Waals surface area contributed by atoms with Gasteiger partial charge in [-0.05, 0) is 40.0 Å². The Morgan fingerprint density at radius 3 is 2.42 bits per heavy atom. The first-order chi connectivity index (χ1) is 8.73. The molecule has 110 valence electrons. The number of aliphatic hydroxyl groups is 1. The highest BCUT2D eigenvalue weighted by molar-refractivity contribution is 5.75. The zero-order valence-electron chi connectivity index (χ0n) is 11.9. The van der Waals surface area contributed by atoms with Gasteiger partial charge in [0.05, 0.1) is 19.1 Å². The number of hydrogen-bond donors (Lipinski definition) is 2. The number of methoxy groups -OCH3 is 1. The molecule has 0 aliphatic heterocycles. The predicted molar refractivity (Wildman–Crippen MR) is 68.5 cm³/mol. The van der Waals surface area contributed by atoms with E-state index in [0.29, 0.717) is 19.3 Å². The Balaban J connectivity index is 2.63. The van der Waals surface area contributed by atoms with Crippen LogP contribution in [0.25, 0.3) is 0 Å². The van der Waals surface area contributed by atoms with Crippen LogP contribution < -0.4 is 5.32 Å². The van der Waals surface area contributed by atoms with Crippen LogP contribution in [-0.4, -0.2) is 42.0 Å². The van der Waals surface area contributed by atoms with E-state index in [0.717, 1.165) is 0 Å². The van der Waals surface area contributed by atoms with Gasteiger partial charge in [0.2, 0.25) is 0 Å². The molecule has 0 aromatic rings. The highest BCUT2D eigenvalue weighted by atomic mass is 16.6. The largest absolute Gasteiger partial charge is 0.469 e. The molecule has 19 heavy (non-hydrogen) atoms. The first-order valence-corrected chi connectivity index (χ1v) is 6.48. The van der Waals surface area contributed by atoms with Gasteiger partial charge in [-0.3, -0.25) is 4.79 Å². The molecule has 1 amide bonds. The number of aliphatic hydroxyl groups excluding tert-OH is 1. The van der Waals surface area contributed by atoms with Crippen molar-refractivity contribution in [1.82, 2.24) is 5.32 Å². The molecule has 1 fully saturated rings. The molecule has 0 aromatic heterocycles. The molecule has 0 heterocycles. The molecular formula is C13H23NO5. The van der Waals surface area contributed by atoms with Crippen LogP contribution in [-0.2, 0) is 14.3 Å². The maximum atomic E-state index is 11.7. The van der Waals surface area contributed by atoms with Crippen molar-refractivity contribution in [3.05, 3.63) is 0 Å². The van der Waals surface area contributed by atoms with Gasteiger partial charge < -0.3 is 19.9 Å². The molecule has 0 spiro atoms. The number of amides is 1. The lowest BCUT2D eigenvalue weighted by atomic mass is 9.83. The summed E-state index contributed by atoms with van der Waals surface area (Å²) in [6, 6.07) is -0.356. The number of alkyl carbamates (subject to hydrolysis) is 1. The second-order valence-corrected chi connectivity index (χ2v) is 5.85. The van der Waals surface area contributed by atoms with Crippen LogP contribution >= 0.6 is 0 Å². The van der Waals surface area contributed by atoms with Crippen molar-refractivity contribution in [1.29, 1.82) is 0 Å². The minimum Gasteiger partial charge on any atom is -0.469 e. The van der Waals surface area contributed by atoms with Crippen LogP contribution in [0.15, 0.2) is 0 Å². The third kappa shape index (κ3) is 5.06. The predicted octanol–water partition coefficient (Wildman–Crippen LogP) is 1.21. The lowest BCUT2D eigenvalue weighted by Gasteiger charge is -2.33. The van der Waals surface area contributed by atoms with E-state index in [2.05, 4.69) is 5.32 Å². The third-order valence-electron chi connectivity index (χ3n) is 3.03. The summed E-state index contributed by atoms with van der Waals surface area (Å²) >= 11 is 0. The molecule has 3 atom stereocenters. The van der Waals surface area contributed by atoms with Gasteiger partial charge >= 0.3 is 12.1 Å². The smallest absolute Gasteiger partial charge is 0.407 e. The lowest BCUT2D eigenvalue weighted by molar-refractivity contribution is -0.149. The zero-order chi connectivity index (χ0) is 14.6. The number of nitrogens with one attached hydrogen (secondary N) is 1. The monoisotopic (exact) mass is 273 g/mol. The van der Waals surface area contributed by atoms with Crippen molar-refractivity contribution in [3.63, 3.8) is 0 Å². The number of hydrogen-bond acceptors (Lipinski definition) is 5. The Labute approximate surface area is 113 Å². The van der Waals surface area contributed by atoms with Gasteiger partial charge in [0.1, 0.15) is 5.60 Å². The number of esters is 1. The molecule has 2 N–H and O–H groups in total. The molecule has 0 aromatic carbocycles. The molecule has 0 bridgehead atoms. The molecule has 6 heteroatoms. The summed E-state index contributed by atoms with van der Waals surface area (Å²) in [4.78, 5) is 23.4. The average Bonchev–Trinajstić information content (AvgIpc) is 2.28. The van der Waals surface area contributed by atoms with Crippen LogP contribution in [0.4, 0.5) is 4.79 Å². The van der Waals surface area contributed by atoms with E-state index in [-0.39, 0.29) is 6.04 Å². The molecule has 1 saturated carbocycles. The summed E-state index contributed by atoms with van der Waals surface area (Å²) < 4.78 is 9.87. The first-order valence-electron chi connectivity index (χ1n) is 6.48. The molecule has 1 aliphatic carbocycles. The normalized spacial score (nSPS) is 27.5. The van der Waals surface area contributed by atoms with Crippen LogP contribution in [0.3, 0.4) is 0 Å². The summed E-state index contributed by atoms with van der Waals surface area (Å²) in [5.41, 5.74) is -0.584. The van der Waals surface area contributed by atoms with E-state index < -0.39 is 29.7 Å². The SMILES string of the molecule is COC(=O)C1CC(O)CCC1NC(=O)OC(C)(C)C. The van der Waals surface area contributed by atoms with Crippen molar-refractivity contribution >= 4 is 12.1 Å². The molecule has 1 aliphatic rings. The van der Waals surface area contributed by atoms with Crippen molar-refractivity contribution in [2.24, 2.45) is 5.92 Å². The maximum absolute atomic E-state index is 11.7. The fourth-order valence-electron chi connectivity index (χ4n) is 2.19. The average molecular weight is 273 g/mol. The van der Waals surface area contributed by atoms with Gasteiger partial charge in [-0.2, -0.15) is 0 Å². The highest BCUT2D eigenvalue weighted by Gasteiger charge is 2.37. The number of ether oxygens (including phenoxy) is 2. The minimum atomic E-state index is -0.584. The van der Waals surface area contributed by atoms with E-state index in [9.17, 15) is 14.7 Å². The molecule has 3 unspecified atom stereocenters. The Bertz CT molecular complexity index is 336. The molecule has 6 nitrogen and oxygen atoms in total. The molecule has 1 rings (SSSR count). The van der Waals surface area contributed by atoms with Gasteiger partial charge in [0.15, 0.2) is 0 Å². The van der Waals surface area contributed by atoms with E-state index in [1.165, 1.54) is 7.11 Å². The van der Waals surface area contributed by atoms with E-state index in [4.69, 9.17) is 9.47 Å². The fraction of sp³-hybridized carbons (Fsp3) is 0.846. The maximum Gasteiger partial charge on any atom is 0.407 e. The van der Waals surface area contributed by atoms with Crippen molar-refractivity contribution in [2.45, 2.75) is 57.8 Å². The molecule has 0 saturated heterocycles. The van der Waals surface area contributed by atoms with Gasteiger partial charge in [0.25, 0.3) is 0 Å². The van der Waals surface area contributed by atoms with Crippen LogP contribution in [0.2, 0.25) is 0 Å². The minimum absolute atomic E-state index is 0.299. The molecular weight excluding hydrogens is 250 g/mol. The first kappa shape index (κ1) is 15.8. The standard InChI is InChI=1S/C13H23NO5/c1-13(2,3)19-12(17)14-10-6-5-8(15)7-9(10)11(16)18-4/h8-10,15H,5-7H2,1-4H3,(H,14,17). The van der Waals surface area contributed by atoms with Gasteiger partial charge in [-0.15, -0.1) is 0 Å². The Morgan fingerprint density at radius 1 is 1.26 bits per heavy atom. The summed E-state index contributed by atoms with van der Waals surface area (Å²) in [6.07, 6.45) is 0.296. The topological polar surface area (TPSA) is 84.9 Å². The van der Waals surface area contributed by atoms with Crippen molar-refractivity contribution in [2.75, 3.05) is 7.11 Å². The van der Waals surface area contributed by atoms with Crippen molar-refractivity contribution < 1.29 is 24.2 Å². The summed E-state index contributed by atoms with van der Waals surface area (Å²) in [5, 5.41) is 12.3. The van der Waals surface area contributed by atoms with Crippen molar-refractivity contribution in [3.8, 4) is 0 Å². The van der Waals surface area contributed by atoms with E-state index in [1.54, 1.807) is 20.8 Å².